The van der Waals surface area contributed by atoms with Crippen LogP contribution in [0.5, 0.6) is 5.75 Å². The molecule has 0 spiro atoms. The quantitative estimate of drug-likeness (QED) is 0.455. The van der Waals surface area contributed by atoms with Gasteiger partial charge in [0.05, 0.1) is 6.61 Å². The smallest absolute Gasteiger partial charge is 0.453 e. The third-order valence-electron chi connectivity index (χ3n) is 3.27. The summed E-state index contributed by atoms with van der Waals surface area (Å²) in [6.07, 6.45) is -8.63. The highest BCUT2D eigenvalue weighted by atomic mass is 32.2. The van der Waals surface area contributed by atoms with Crippen LogP contribution in [-0.2, 0) is 15.9 Å². The van der Waals surface area contributed by atoms with Crippen LogP contribution in [0.2, 0.25) is 0 Å². The van der Waals surface area contributed by atoms with Crippen LogP contribution in [0.3, 0.4) is 0 Å². The molecule has 1 rings (SSSR count). The first-order chi connectivity index (χ1) is 12.0. The third-order valence-corrected chi connectivity index (χ3v) is 4.84. The molecule has 0 aliphatic carbocycles. The van der Waals surface area contributed by atoms with Crippen molar-refractivity contribution in [3.05, 3.63) is 30.3 Å². The largest absolute Gasteiger partial charge is 0.614 e. The van der Waals surface area contributed by atoms with Gasteiger partial charge in [-0.25, -0.2) is 0 Å². The third kappa shape index (κ3) is 8.07. The van der Waals surface area contributed by atoms with Gasteiger partial charge in [0.2, 0.25) is 5.44 Å². The van der Waals surface area contributed by atoms with E-state index in [2.05, 4.69) is 6.07 Å². The number of halogens is 5. The highest BCUT2D eigenvalue weighted by Crippen LogP contribution is 2.38. The van der Waals surface area contributed by atoms with Gasteiger partial charge in [-0.05, 0) is 35.8 Å². The Hall–Kier alpha value is -1.10. The first kappa shape index (κ1) is 22.9. The Morgan fingerprint density at radius 2 is 1.81 bits per heavy atom. The zero-order valence-electron chi connectivity index (χ0n) is 14.0. The molecule has 0 bridgehead atoms. The van der Waals surface area contributed by atoms with Gasteiger partial charge in [-0.15, -0.1) is 0 Å². The number of aliphatic hydroxyl groups is 1. The van der Waals surface area contributed by atoms with Crippen LogP contribution >= 0.6 is 0 Å². The minimum absolute atomic E-state index is 0.0822. The van der Waals surface area contributed by atoms with Crippen molar-refractivity contribution in [1.82, 2.24) is 0 Å². The van der Waals surface area contributed by atoms with Crippen LogP contribution in [-0.4, -0.2) is 52.3 Å². The maximum absolute atomic E-state index is 12.8. The second kappa shape index (κ2) is 10.3. The van der Waals surface area contributed by atoms with Gasteiger partial charge in [-0.2, -0.15) is 22.0 Å². The van der Waals surface area contributed by atoms with E-state index in [4.69, 9.17) is 9.47 Å². The Morgan fingerprint density at radius 3 is 2.38 bits per heavy atom. The molecule has 1 aromatic carbocycles. The predicted octanol–water partition coefficient (Wildman–Crippen LogP) is 3.32. The van der Waals surface area contributed by atoms with Crippen molar-refractivity contribution in [3.63, 3.8) is 0 Å². The van der Waals surface area contributed by atoms with Crippen LogP contribution in [0.15, 0.2) is 24.3 Å². The molecule has 1 radical (unpaired) electrons. The molecule has 3 atom stereocenters. The molecule has 0 amide bonds. The molecular weight excluding hydrogens is 383 g/mol. The Morgan fingerprint density at radius 1 is 1.19 bits per heavy atom. The van der Waals surface area contributed by atoms with E-state index in [-0.39, 0.29) is 19.0 Å². The lowest BCUT2D eigenvalue weighted by Gasteiger charge is -2.22. The van der Waals surface area contributed by atoms with E-state index in [9.17, 15) is 31.6 Å². The number of aliphatic hydroxyl groups excluding tert-OH is 1. The molecule has 0 aliphatic rings. The van der Waals surface area contributed by atoms with E-state index in [1.165, 1.54) is 6.92 Å². The molecule has 0 heterocycles. The molecule has 4 nitrogen and oxygen atoms in total. The predicted molar refractivity (Wildman–Crippen MR) is 85.4 cm³/mol. The maximum atomic E-state index is 12.8. The van der Waals surface area contributed by atoms with Gasteiger partial charge in [0.1, 0.15) is 24.2 Å². The average molecular weight is 403 g/mol. The van der Waals surface area contributed by atoms with E-state index in [1.54, 1.807) is 24.3 Å². The lowest BCUT2D eigenvalue weighted by Crippen LogP contribution is -2.37. The maximum Gasteiger partial charge on any atom is 0.453 e. The fourth-order valence-corrected chi connectivity index (χ4v) is 2.77. The summed E-state index contributed by atoms with van der Waals surface area (Å²) in [6.45, 7) is 1.09. The molecule has 1 aromatic rings. The zero-order chi connectivity index (χ0) is 19.8. The zero-order valence-corrected chi connectivity index (χ0v) is 14.8. The summed E-state index contributed by atoms with van der Waals surface area (Å²) in [5.74, 6) is -4.64. The van der Waals surface area contributed by atoms with Crippen molar-refractivity contribution < 1.29 is 41.1 Å². The number of hydrogen-bond donors (Lipinski definition) is 1. The summed E-state index contributed by atoms with van der Waals surface area (Å²) in [5.41, 5.74) is -0.921. The van der Waals surface area contributed by atoms with Crippen LogP contribution < -0.4 is 4.74 Å². The Labute approximate surface area is 151 Å². The fourth-order valence-electron chi connectivity index (χ4n) is 1.77. The molecular formula is C16H20F5O4S. The van der Waals surface area contributed by atoms with Gasteiger partial charge < -0.3 is 19.1 Å². The molecule has 149 valence electrons. The summed E-state index contributed by atoms with van der Waals surface area (Å²) >= 11 is -1.76. The van der Waals surface area contributed by atoms with Gasteiger partial charge in [0, 0.05) is 13.3 Å². The van der Waals surface area contributed by atoms with Crippen LogP contribution in [0.1, 0.15) is 19.8 Å². The lowest BCUT2D eigenvalue weighted by atomic mass is 10.2. The Kier molecular flexibility index (Phi) is 9.08. The van der Waals surface area contributed by atoms with E-state index in [0.717, 1.165) is 0 Å². The fraction of sp³-hybridized carbons (Fsp3) is 0.625. The Bertz CT molecular complexity index is 515. The van der Waals surface area contributed by atoms with Crippen LogP contribution in [0.4, 0.5) is 22.0 Å². The lowest BCUT2D eigenvalue weighted by molar-refractivity contribution is -0.284. The number of ether oxygens (including phenoxy) is 2. The number of rotatable bonds is 11. The van der Waals surface area contributed by atoms with Crippen molar-refractivity contribution in [1.29, 1.82) is 0 Å². The molecule has 10 heteroatoms. The summed E-state index contributed by atoms with van der Waals surface area (Å²) in [4.78, 5) is 0. The second-order valence-electron chi connectivity index (χ2n) is 5.49. The van der Waals surface area contributed by atoms with Crippen molar-refractivity contribution >= 4 is 11.2 Å². The second-order valence-corrected chi connectivity index (χ2v) is 7.33. The standard InChI is InChI=1S/C16H20F5O4S/c1-12(26(23)9-5-8-15(17,18)16(19,20)21)24-10-13(22)11-25-14-6-3-2-4-7-14/h3-4,6-7,12-13,22H,5,8-11H2,1H3. The number of benzene rings is 1. The van der Waals surface area contributed by atoms with E-state index in [1.807, 2.05) is 0 Å². The molecule has 3 unspecified atom stereocenters. The topological polar surface area (TPSA) is 61.8 Å². The molecule has 1 N–H and O–H groups in total. The van der Waals surface area contributed by atoms with Crippen molar-refractivity contribution in [2.75, 3.05) is 19.0 Å². The average Bonchev–Trinajstić information content (AvgIpc) is 2.57. The normalized spacial score (nSPS) is 16.2. The first-order valence-electron chi connectivity index (χ1n) is 7.73. The van der Waals surface area contributed by atoms with Gasteiger partial charge in [-0.3, -0.25) is 0 Å². The van der Waals surface area contributed by atoms with Crippen molar-refractivity contribution in [3.8, 4) is 5.75 Å². The monoisotopic (exact) mass is 403 g/mol. The minimum atomic E-state index is -5.61. The minimum Gasteiger partial charge on any atom is -0.614 e. The summed E-state index contributed by atoms with van der Waals surface area (Å²) in [7, 11) is 0. The highest BCUT2D eigenvalue weighted by molar-refractivity contribution is 7.91. The van der Waals surface area contributed by atoms with Crippen LogP contribution in [0, 0.1) is 6.07 Å². The number of alkyl halides is 5. The Balaban J connectivity index is 2.24. The van der Waals surface area contributed by atoms with Gasteiger partial charge in [0.15, 0.2) is 0 Å². The molecule has 0 fully saturated rings. The van der Waals surface area contributed by atoms with Gasteiger partial charge in [-0.1, -0.05) is 12.1 Å². The SMILES string of the molecule is CC(OCC(O)COc1cc[c]cc1)[S+]([O-])CCCC(F)(F)C(F)(F)F. The summed E-state index contributed by atoms with van der Waals surface area (Å²) in [5, 5.41) is 9.73. The molecule has 26 heavy (non-hydrogen) atoms. The van der Waals surface area contributed by atoms with E-state index in [0.29, 0.717) is 5.75 Å². The molecule has 0 aromatic heterocycles. The van der Waals surface area contributed by atoms with Gasteiger partial charge >= 0.3 is 12.1 Å². The molecule has 0 saturated carbocycles. The summed E-state index contributed by atoms with van der Waals surface area (Å²) in [6, 6.07) is 9.34. The number of hydrogen-bond acceptors (Lipinski definition) is 4. The molecule has 0 aliphatic heterocycles. The van der Waals surface area contributed by atoms with Gasteiger partial charge in [0.25, 0.3) is 0 Å². The van der Waals surface area contributed by atoms with E-state index < -0.39 is 47.7 Å². The summed E-state index contributed by atoms with van der Waals surface area (Å²) < 4.78 is 83.9. The van der Waals surface area contributed by atoms with Crippen LogP contribution in [0.25, 0.3) is 0 Å². The molecule has 0 saturated heterocycles. The van der Waals surface area contributed by atoms with Crippen molar-refractivity contribution in [2.45, 2.75) is 43.4 Å². The first-order valence-corrected chi connectivity index (χ1v) is 9.11. The highest BCUT2D eigenvalue weighted by Gasteiger charge is 2.56. The van der Waals surface area contributed by atoms with Crippen molar-refractivity contribution in [2.24, 2.45) is 0 Å². The van der Waals surface area contributed by atoms with E-state index >= 15 is 0 Å².